The fourth-order valence-corrected chi connectivity index (χ4v) is 3.17. The van der Waals surface area contributed by atoms with E-state index in [-0.39, 0.29) is 11.3 Å². The molecule has 18 heavy (non-hydrogen) atoms. The van der Waals surface area contributed by atoms with E-state index in [1.54, 1.807) is 7.11 Å². The minimum Gasteiger partial charge on any atom is -0.384 e. The number of carbonyl (C=O) groups excluding carboxylic acids is 1. The van der Waals surface area contributed by atoms with E-state index in [2.05, 4.69) is 5.32 Å². The van der Waals surface area contributed by atoms with Gasteiger partial charge in [0.25, 0.3) is 0 Å². The molecule has 1 amide bonds. The summed E-state index contributed by atoms with van der Waals surface area (Å²) in [5, 5.41) is 3.10. The largest absolute Gasteiger partial charge is 0.384 e. The summed E-state index contributed by atoms with van der Waals surface area (Å²) < 4.78 is 10.6. The number of ether oxygens (including phenoxy) is 2. The van der Waals surface area contributed by atoms with Gasteiger partial charge in [-0.1, -0.05) is 12.8 Å². The first-order valence-electron chi connectivity index (χ1n) is 7.07. The smallest absolute Gasteiger partial charge is 0.220 e. The predicted molar refractivity (Wildman–Crippen MR) is 69.3 cm³/mol. The Morgan fingerprint density at radius 3 is 2.83 bits per heavy atom. The highest BCUT2D eigenvalue weighted by Crippen LogP contribution is 2.37. The molecule has 1 saturated heterocycles. The number of methoxy groups -OCH3 is 1. The molecule has 0 aromatic rings. The van der Waals surface area contributed by atoms with Gasteiger partial charge in [0.15, 0.2) is 0 Å². The van der Waals surface area contributed by atoms with Gasteiger partial charge in [-0.05, 0) is 25.2 Å². The summed E-state index contributed by atoms with van der Waals surface area (Å²) in [5.41, 5.74) is 0.191. The first-order chi connectivity index (χ1) is 8.74. The van der Waals surface area contributed by atoms with E-state index in [0.29, 0.717) is 12.3 Å². The third kappa shape index (κ3) is 3.69. The molecule has 0 radical (unpaired) electrons. The minimum atomic E-state index is 0.174. The Labute approximate surface area is 109 Å². The van der Waals surface area contributed by atoms with Crippen LogP contribution in [0.2, 0.25) is 0 Å². The van der Waals surface area contributed by atoms with E-state index in [0.717, 1.165) is 32.8 Å². The van der Waals surface area contributed by atoms with Crippen molar-refractivity contribution in [3.05, 3.63) is 0 Å². The lowest BCUT2D eigenvalue weighted by atomic mass is 9.87. The third-order valence-corrected chi connectivity index (χ3v) is 4.27. The third-order valence-electron chi connectivity index (χ3n) is 4.27. The zero-order chi connectivity index (χ0) is 12.8. The molecule has 1 saturated carbocycles. The number of rotatable bonds is 6. The Hall–Kier alpha value is -0.610. The Kier molecular flexibility index (Phi) is 5.01. The second-order valence-corrected chi connectivity index (χ2v) is 5.85. The van der Waals surface area contributed by atoms with E-state index < -0.39 is 0 Å². The molecule has 1 N–H and O–H groups in total. The van der Waals surface area contributed by atoms with Crippen LogP contribution in [0.1, 0.15) is 38.5 Å². The van der Waals surface area contributed by atoms with Gasteiger partial charge in [-0.15, -0.1) is 0 Å². The average Bonchev–Trinajstić information content (AvgIpc) is 2.99. The molecule has 4 heteroatoms. The molecule has 2 fully saturated rings. The highest BCUT2D eigenvalue weighted by molar-refractivity contribution is 5.76. The average molecular weight is 255 g/mol. The van der Waals surface area contributed by atoms with E-state index in [9.17, 15) is 4.79 Å². The summed E-state index contributed by atoms with van der Waals surface area (Å²) in [6.07, 6.45) is 6.51. The predicted octanol–water partition coefficient (Wildman–Crippen LogP) is 1.74. The monoisotopic (exact) mass is 255 g/mol. The van der Waals surface area contributed by atoms with Crippen LogP contribution >= 0.6 is 0 Å². The standard InChI is InChI=1S/C14H25NO3/c1-17-11-14(5-2-3-6-14)10-15-13(16)8-12-4-7-18-9-12/h12H,2-11H2,1H3,(H,15,16). The maximum absolute atomic E-state index is 11.9. The van der Waals surface area contributed by atoms with Crippen molar-refractivity contribution in [2.45, 2.75) is 38.5 Å². The minimum absolute atomic E-state index is 0.174. The van der Waals surface area contributed by atoms with Gasteiger partial charge in [-0.3, -0.25) is 4.79 Å². The SMILES string of the molecule is COCC1(CNC(=O)CC2CCOC2)CCCC1. The quantitative estimate of drug-likeness (QED) is 0.786. The van der Waals surface area contributed by atoms with Gasteiger partial charge >= 0.3 is 0 Å². The molecule has 2 rings (SSSR count). The van der Waals surface area contributed by atoms with Crippen LogP contribution in [0.3, 0.4) is 0 Å². The number of nitrogens with one attached hydrogen (secondary N) is 1. The van der Waals surface area contributed by atoms with Crippen molar-refractivity contribution in [2.24, 2.45) is 11.3 Å². The summed E-state index contributed by atoms with van der Waals surface area (Å²) in [4.78, 5) is 11.9. The maximum Gasteiger partial charge on any atom is 0.220 e. The van der Waals surface area contributed by atoms with E-state index in [1.165, 1.54) is 25.7 Å². The first-order valence-corrected chi connectivity index (χ1v) is 7.07. The van der Waals surface area contributed by atoms with Crippen LogP contribution in [-0.2, 0) is 14.3 Å². The summed E-state index contributed by atoms with van der Waals surface area (Å²) in [6, 6.07) is 0. The van der Waals surface area contributed by atoms with Gasteiger partial charge in [0, 0.05) is 38.7 Å². The molecule has 1 heterocycles. The fraction of sp³-hybridized carbons (Fsp3) is 0.929. The van der Waals surface area contributed by atoms with Crippen molar-refractivity contribution in [1.29, 1.82) is 0 Å². The molecule has 1 aliphatic heterocycles. The molecule has 0 aromatic carbocycles. The lowest BCUT2D eigenvalue weighted by molar-refractivity contribution is -0.122. The Balaban J connectivity index is 1.73. The number of hydrogen-bond donors (Lipinski definition) is 1. The van der Waals surface area contributed by atoms with Crippen molar-refractivity contribution >= 4 is 5.91 Å². The molecule has 4 nitrogen and oxygen atoms in total. The molecule has 0 aromatic heterocycles. The van der Waals surface area contributed by atoms with Crippen molar-refractivity contribution < 1.29 is 14.3 Å². The summed E-state index contributed by atoms with van der Waals surface area (Å²) in [7, 11) is 1.75. The highest BCUT2D eigenvalue weighted by atomic mass is 16.5. The zero-order valence-electron chi connectivity index (χ0n) is 11.4. The summed E-state index contributed by atoms with van der Waals surface area (Å²) >= 11 is 0. The van der Waals surface area contributed by atoms with Crippen molar-refractivity contribution in [2.75, 3.05) is 33.5 Å². The van der Waals surface area contributed by atoms with Gasteiger partial charge < -0.3 is 14.8 Å². The van der Waals surface area contributed by atoms with E-state index in [4.69, 9.17) is 9.47 Å². The van der Waals surface area contributed by atoms with Crippen LogP contribution in [0, 0.1) is 11.3 Å². The van der Waals surface area contributed by atoms with Gasteiger partial charge in [0.05, 0.1) is 6.61 Å². The molecular weight excluding hydrogens is 230 g/mol. The maximum atomic E-state index is 11.9. The molecule has 0 bridgehead atoms. The van der Waals surface area contributed by atoms with Crippen LogP contribution in [0.5, 0.6) is 0 Å². The van der Waals surface area contributed by atoms with Gasteiger partial charge in [0.2, 0.25) is 5.91 Å². The second-order valence-electron chi connectivity index (χ2n) is 5.85. The van der Waals surface area contributed by atoms with Crippen molar-refractivity contribution in [3.8, 4) is 0 Å². The van der Waals surface area contributed by atoms with Gasteiger partial charge in [0.1, 0.15) is 0 Å². The van der Waals surface area contributed by atoms with Gasteiger partial charge in [-0.25, -0.2) is 0 Å². The molecule has 0 spiro atoms. The van der Waals surface area contributed by atoms with Gasteiger partial charge in [-0.2, -0.15) is 0 Å². The highest BCUT2D eigenvalue weighted by Gasteiger charge is 2.34. The number of hydrogen-bond acceptors (Lipinski definition) is 3. The van der Waals surface area contributed by atoms with Crippen LogP contribution in [0.4, 0.5) is 0 Å². The lowest BCUT2D eigenvalue weighted by Gasteiger charge is -2.28. The Morgan fingerprint density at radius 2 is 2.22 bits per heavy atom. The Morgan fingerprint density at radius 1 is 1.44 bits per heavy atom. The lowest BCUT2D eigenvalue weighted by Crippen LogP contribution is -2.39. The topological polar surface area (TPSA) is 47.6 Å². The number of carbonyl (C=O) groups is 1. The fourth-order valence-electron chi connectivity index (χ4n) is 3.17. The molecule has 104 valence electrons. The molecule has 1 unspecified atom stereocenters. The van der Waals surface area contributed by atoms with Crippen molar-refractivity contribution in [3.63, 3.8) is 0 Å². The second kappa shape index (κ2) is 6.53. The molecular formula is C14H25NO3. The van der Waals surface area contributed by atoms with Crippen molar-refractivity contribution in [1.82, 2.24) is 5.32 Å². The van der Waals surface area contributed by atoms with Crippen LogP contribution in [-0.4, -0.2) is 39.4 Å². The van der Waals surface area contributed by atoms with Crippen LogP contribution in [0.25, 0.3) is 0 Å². The summed E-state index contributed by atoms with van der Waals surface area (Å²) in [6.45, 7) is 3.09. The molecule has 1 aliphatic carbocycles. The first kappa shape index (κ1) is 13.8. The summed E-state index contributed by atoms with van der Waals surface area (Å²) in [5.74, 6) is 0.597. The Bertz CT molecular complexity index is 268. The zero-order valence-corrected chi connectivity index (χ0v) is 11.4. The van der Waals surface area contributed by atoms with Crippen LogP contribution in [0.15, 0.2) is 0 Å². The van der Waals surface area contributed by atoms with Crippen LogP contribution < -0.4 is 5.32 Å². The number of amides is 1. The molecule has 2 aliphatic rings. The van der Waals surface area contributed by atoms with E-state index >= 15 is 0 Å². The van der Waals surface area contributed by atoms with E-state index in [1.807, 2.05) is 0 Å². The molecule has 1 atom stereocenters. The normalized spacial score (nSPS) is 26.4.